The lowest BCUT2D eigenvalue weighted by Crippen LogP contribution is -2.25. The fraction of sp³-hybridized carbons (Fsp3) is 0.375. The van der Waals surface area contributed by atoms with Crippen LogP contribution in [0, 0.1) is 0 Å². The molecule has 0 spiro atoms. The number of alkyl halides is 3. The summed E-state index contributed by atoms with van der Waals surface area (Å²) >= 11 is 0. The Kier molecular flexibility index (Phi) is 7.69. The van der Waals surface area contributed by atoms with Crippen molar-refractivity contribution >= 4 is 24.8 Å². The minimum atomic E-state index is -4.39. The van der Waals surface area contributed by atoms with Crippen LogP contribution in [0.3, 0.4) is 0 Å². The van der Waals surface area contributed by atoms with E-state index in [2.05, 4.69) is 10.4 Å². The smallest absolute Gasteiger partial charge is 0.271 e. The van der Waals surface area contributed by atoms with Gasteiger partial charge in [0.15, 0.2) is 0 Å². The zero-order valence-electron chi connectivity index (χ0n) is 8.28. The van der Waals surface area contributed by atoms with Crippen LogP contribution in [0.4, 0.5) is 13.2 Å². The fourth-order valence-corrected chi connectivity index (χ4v) is 0.925. The summed E-state index contributed by atoms with van der Waals surface area (Å²) in [6.45, 7) is 1.73. The number of hydrogen-bond donors (Lipinski definition) is 2. The van der Waals surface area contributed by atoms with Gasteiger partial charge in [0, 0.05) is 12.2 Å². The normalized spacial score (nSPS) is 12.3. The van der Waals surface area contributed by atoms with Crippen molar-refractivity contribution in [3.8, 4) is 0 Å². The molecule has 0 saturated carbocycles. The Balaban J connectivity index is 0. The molecule has 16 heavy (non-hydrogen) atoms. The molecule has 3 N–H and O–H groups in total. The molecule has 1 atom stereocenters. The van der Waals surface area contributed by atoms with Crippen LogP contribution in [0.2, 0.25) is 0 Å². The van der Waals surface area contributed by atoms with E-state index in [1.807, 2.05) is 0 Å². The first-order valence-electron chi connectivity index (χ1n) is 3.94. The van der Waals surface area contributed by atoms with Gasteiger partial charge < -0.3 is 0 Å². The molecule has 3 nitrogen and oxygen atoms in total. The van der Waals surface area contributed by atoms with Gasteiger partial charge >= 0.3 is 6.18 Å². The van der Waals surface area contributed by atoms with Crippen LogP contribution in [0.1, 0.15) is 24.2 Å². The molecule has 1 aromatic heterocycles. The molecule has 0 aliphatic carbocycles. The van der Waals surface area contributed by atoms with Gasteiger partial charge in [-0.15, -0.1) is 24.8 Å². The Morgan fingerprint density at radius 3 is 2.19 bits per heavy atom. The fourth-order valence-electron chi connectivity index (χ4n) is 0.925. The van der Waals surface area contributed by atoms with Gasteiger partial charge in [0.25, 0.3) is 0 Å². The van der Waals surface area contributed by atoms with Gasteiger partial charge in [-0.2, -0.15) is 13.2 Å². The predicted molar refractivity (Wildman–Crippen MR) is 59.5 cm³/mol. The highest BCUT2D eigenvalue weighted by Crippen LogP contribution is 2.27. The topological polar surface area (TPSA) is 50.9 Å². The summed E-state index contributed by atoms with van der Waals surface area (Å²) in [6, 6.07) is 2.06. The third kappa shape index (κ3) is 4.52. The van der Waals surface area contributed by atoms with Gasteiger partial charge in [-0.25, -0.2) is 0 Å². The molecule has 0 bridgehead atoms. The quantitative estimate of drug-likeness (QED) is 0.645. The third-order valence-corrected chi connectivity index (χ3v) is 1.83. The van der Waals surface area contributed by atoms with Crippen molar-refractivity contribution in [2.24, 2.45) is 5.84 Å². The number of pyridine rings is 1. The molecule has 1 unspecified atom stereocenters. The van der Waals surface area contributed by atoms with Crippen LogP contribution in [0.15, 0.2) is 18.3 Å². The van der Waals surface area contributed by atoms with Crippen LogP contribution >= 0.6 is 24.8 Å². The minimum Gasteiger partial charge on any atom is -0.271 e. The second-order valence-electron chi connectivity index (χ2n) is 2.86. The van der Waals surface area contributed by atoms with Crippen molar-refractivity contribution in [2.45, 2.75) is 19.1 Å². The average molecular weight is 278 g/mol. The first-order valence-corrected chi connectivity index (χ1v) is 3.94. The van der Waals surface area contributed by atoms with Crippen molar-refractivity contribution in [3.05, 3.63) is 29.6 Å². The van der Waals surface area contributed by atoms with E-state index in [1.165, 1.54) is 6.07 Å². The van der Waals surface area contributed by atoms with Crippen molar-refractivity contribution in [1.29, 1.82) is 0 Å². The largest absolute Gasteiger partial charge is 0.433 e. The molecule has 1 heterocycles. The van der Waals surface area contributed by atoms with Crippen molar-refractivity contribution in [2.75, 3.05) is 0 Å². The lowest BCUT2D eigenvalue weighted by Gasteiger charge is -2.11. The lowest BCUT2D eigenvalue weighted by molar-refractivity contribution is -0.141. The summed E-state index contributed by atoms with van der Waals surface area (Å²) in [4.78, 5) is 3.30. The summed E-state index contributed by atoms with van der Waals surface area (Å²) in [5.74, 6) is 5.13. The standard InChI is InChI=1S/C8H10F3N3.2ClH/c1-5(14-12)6-2-3-7(13-4-6)8(9,10)11;;/h2-5,14H,12H2,1H3;2*1H. The molecule has 1 aromatic rings. The highest BCUT2D eigenvalue weighted by Gasteiger charge is 2.32. The highest BCUT2D eigenvalue weighted by atomic mass is 35.5. The molecular formula is C8H12Cl2F3N3. The number of hydrazine groups is 1. The maximum Gasteiger partial charge on any atom is 0.433 e. The molecule has 0 amide bonds. The number of nitrogens with zero attached hydrogens (tertiary/aromatic N) is 1. The van der Waals surface area contributed by atoms with Gasteiger partial charge in [0.2, 0.25) is 0 Å². The number of nitrogens with two attached hydrogens (primary N) is 1. The summed E-state index contributed by atoms with van der Waals surface area (Å²) < 4.78 is 36.3. The Labute approximate surface area is 103 Å². The second-order valence-corrected chi connectivity index (χ2v) is 2.86. The molecule has 1 rings (SSSR count). The maximum atomic E-state index is 12.1. The van der Waals surface area contributed by atoms with Crippen LogP contribution in [-0.2, 0) is 6.18 Å². The van der Waals surface area contributed by atoms with Crippen LogP contribution in [-0.4, -0.2) is 4.98 Å². The third-order valence-electron chi connectivity index (χ3n) is 1.83. The monoisotopic (exact) mass is 277 g/mol. The minimum absolute atomic E-state index is 0. The Morgan fingerprint density at radius 1 is 1.31 bits per heavy atom. The summed E-state index contributed by atoms with van der Waals surface area (Å²) in [7, 11) is 0. The lowest BCUT2D eigenvalue weighted by atomic mass is 10.1. The van der Waals surface area contributed by atoms with Gasteiger partial charge in [0.1, 0.15) is 5.69 Å². The van der Waals surface area contributed by atoms with E-state index < -0.39 is 11.9 Å². The van der Waals surface area contributed by atoms with E-state index >= 15 is 0 Å². The van der Waals surface area contributed by atoms with Crippen LogP contribution in [0.25, 0.3) is 0 Å². The molecule has 0 aromatic carbocycles. The number of halogens is 5. The van der Waals surface area contributed by atoms with E-state index in [0.29, 0.717) is 5.56 Å². The van der Waals surface area contributed by atoms with Gasteiger partial charge in [-0.3, -0.25) is 16.3 Å². The van der Waals surface area contributed by atoms with Gasteiger partial charge in [-0.05, 0) is 18.6 Å². The summed E-state index contributed by atoms with van der Waals surface area (Å²) in [5, 5.41) is 0. The van der Waals surface area contributed by atoms with E-state index in [0.717, 1.165) is 12.3 Å². The number of rotatable bonds is 2. The highest BCUT2D eigenvalue weighted by molar-refractivity contribution is 5.85. The maximum absolute atomic E-state index is 12.1. The van der Waals surface area contributed by atoms with Crippen LogP contribution in [0.5, 0.6) is 0 Å². The zero-order chi connectivity index (χ0) is 10.8. The van der Waals surface area contributed by atoms with Crippen molar-refractivity contribution in [1.82, 2.24) is 10.4 Å². The molecule has 0 fully saturated rings. The molecular weight excluding hydrogens is 266 g/mol. The Morgan fingerprint density at radius 2 is 1.88 bits per heavy atom. The Hall–Kier alpha value is -0.560. The summed E-state index contributed by atoms with van der Waals surface area (Å²) in [5.41, 5.74) is 2.13. The average Bonchev–Trinajstić information content (AvgIpc) is 2.15. The van der Waals surface area contributed by atoms with Gasteiger partial charge in [0.05, 0.1) is 0 Å². The first kappa shape index (κ1) is 17.8. The van der Waals surface area contributed by atoms with E-state index in [4.69, 9.17) is 5.84 Å². The molecule has 0 aliphatic heterocycles. The molecule has 0 aliphatic rings. The van der Waals surface area contributed by atoms with E-state index in [1.54, 1.807) is 6.92 Å². The number of hydrogen-bond acceptors (Lipinski definition) is 3. The SMILES string of the molecule is CC(NN)c1ccc(C(F)(F)F)nc1.Cl.Cl. The zero-order valence-corrected chi connectivity index (χ0v) is 9.92. The molecule has 8 heteroatoms. The van der Waals surface area contributed by atoms with E-state index in [9.17, 15) is 13.2 Å². The number of aromatic nitrogens is 1. The first-order chi connectivity index (χ1) is 6.45. The molecule has 0 saturated heterocycles. The second kappa shape index (κ2) is 6.90. The number of nitrogens with one attached hydrogen (secondary N) is 1. The molecule has 0 radical (unpaired) electrons. The van der Waals surface area contributed by atoms with Crippen molar-refractivity contribution < 1.29 is 13.2 Å². The van der Waals surface area contributed by atoms with Gasteiger partial charge in [-0.1, -0.05) is 6.07 Å². The summed E-state index contributed by atoms with van der Waals surface area (Å²) in [6.07, 6.45) is -3.23. The van der Waals surface area contributed by atoms with E-state index in [-0.39, 0.29) is 30.9 Å². The Bertz CT molecular complexity index is 302. The molecule has 94 valence electrons. The van der Waals surface area contributed by atoms with Crippen molar-refractivity contribution in [3.63, 3.8) is 0 Å². The van der Waals surface area contributed by atoms with Crippen LogP contribution < -0.4 is 11.3 Å². The predicted octanol–water partition coefficient (Wildman–Crippen LogP) is 2.47.